The van der Waals surface area contributed by atoms with E-state index in [1.165, 1.54) is 0 Å². The Morgan fingerprint density at radius 3 is 2.70 bits per heavy atom. The van der Waals surface area contributed by atoms with Crippen LogP contribution in [0.2, 0.25) is 0 Å². The highest BCUT2D eigenvalue weighted by molar-refractivity contribution is 7.71. The van der Waals surface area contributed by atoms with Crippen molar-refractivity contribution >= 4 is 18.1 Å². The monoisotopic (exact) mass is 330 g/mol. The van der Waals surface area contributed by atoms with Crippen LogP contribution < -0.4 is 5.32 Å². The molecule has 1 aliphatic rings. The second kappa shape index (κ2) is 6.66. The smallest absolute Gasteiger partial charge is 0.228 e. The molecule has 1 saturated carbocycles. The minimum absolute atomic E-state index is 0.0642. The Morgan fingerprint density at radius 2 is 2.09 bits per heavy atom. The van der Waals surface area contributed by atoms with E-state index in [1.807, 2.05) is 48.7 Å². The molecule has 1 aromatic heterocycles. The molecule has 1 amide bonds. The number of H-pyrrole nitrogens is 1. The number of carbonyl (C=O) groups is 1. The quantitative estimate of drug-likeness (QED) is 0.799. The van der Waals surface area contributed by atoms with E-state index in [9.17, 15) is 4.79 Å². The van der Waals surface area contributed by atoms with Gasteiger partial charge in [-0.2, -0.15) is 5.10 Å². The fraction of sp³-hybridized carbons (Fsp3) is 0.471. The summed E-state index contributed by atoms with van der Waals surface area (Å²) in [5, 5.41) is 10.1. The zero-order chi connectivity index (χ0) is 16.4. The number of aromatic amines is 1. The van der Waals surface area contributed by atoms with Crippen molar-refractivity contribution in [2.75, 3.05) is 0 Å². The Morgan fingerprint density at radius 1 is 1.39 bits per heavy atom. The molecule has 1 heterocycles. The van der Waals surface area contributed by atoms with E-state index in [1.54, 1.807) is 0 Å². The predicted octanol–water partition coefficient (Wildman–Crippen LogP) is 3.33. The summed E-state index contributed by atoms with van der Waals surface area (Å²) in [7, 11) is 0. The van der Waals surface area contributed by atoms with Gasteiger partial charge in [0, 0.05) is 6.04 Å². The highest BCUT2D eigenvalue weighted by atomic mass is 32.1. The van der Waals surface area contributed by atoms with E-state index >= 15 is 0 Å². The molecule has 0 spiro atoms. The van der Waals surface area contributed by atoms with E-state index in [4.69, 9.17) is 12.2 Å². The van der Waals surface area contributed by atoms with Gasteiger partial charge in [0.15, 0.2) is 10.6 Å². The van der Waals surface area contributed by atoms with E-state index in [0.29, 0.717) is 17.2 Å². The van der Waals surface area contributed by atoms with Crippen LogP contribution in [0.3, 0.4) is 0 Å². The van der Waals surface area contributed by atoms with Crippen LogP contribution in [0.15, 0.2) is 30.3 Å². The maximum absolute atomic E-state index is 12.7. The van der Waals surface area contributed by atoms with Crippen molar-refractivity contribution in [3.8, 4) is 0 Å². The summed E-state index contributed by atoms with van der Waals surface area (Å²) in [6.45, 7) is 4.49. The van der Waals surface area contributed by atoms with Gasteiger partial charge in [0.25, 0.3) is 0 Å². The zero-order valence-corrected chi connectivity index (χ0v) is 14.3. The average molecular weight is 330 g/mol. The maximum Gasteiger partial charge on any atom is 0.228 e. The second-order valence-corrected chi connectivity index (χ2v) is 6.74. The number of carbonyl (C=O) groups excluding carboxylic acids is 1. The molecule has 3 rings (SSSR count). The van der Waals surface area contributed by atoms with Crippen LogP contribution in [0.1, 0.15) is 50.0 Å². The molecule has 5 nitrogen and oxygen atoms in total. The van der Waals surface area contributed by atoms with E-state index in [-0.39, 0.29) is 17.9 Å². The third-order valence-corrected chi connectivity index (χ3v) is 4.54. The van der Waals surface area contributed by atoms with Gasteiger partial charge in [-0.1, -0.05) is 30.3 Å². The van der Waals surface area contributed by atoms with Crippen molar-refractivity contribution in [2.24, 2.45) is 5.92 Å². The van der Waals surface area contributed by atoms with Crippen molar-refractivity contribution in [3.05, 3.63) is 46.5 Å². The maximum atomic E-state index is 12.7. The molecule has 0 unspecified atom stereocenters. The molecular weight excluding hydrogens is 308 g/mol. The minimum Gasteiger partial charge on any atom is -0.348 e. The lowest BCUT2D eigenvalue weighted by molar-refractivity contribution is -0.123. The van der Waals surface area contributed by atoms with Gasteiger partial charge in [-0.25, -0.2) is 0 Å². The summed E-state index contributed by atoms with van der Waals surface area (Å²) < 4.78 is 2.52. The molecule has 0 saturated heterocycles. The zero-order valence-electron chi connectivity index (χ0n) is 13.5. The first-order valence-corrected chi connectivity index (χ1v) is 8.47. The van der Waals surface area contributed by atoms with Gasteiger partial charge in [0.1, 0.15) is 0 Å². The number of rotatable bonds is 6. The lowest BCUT2D eigenvalue weighted by atomic mass is 9.93. The molecule has 2 N–H and O–H groups in total. The highest BCUT2D eigenvalue weighted by Gasteiger charge is 2.37. The number of nitrogens with one attached hydrogen (secondary N) is 2. The number of amides is 1. The molecule has 0 aliphatic heterocycles. The Hall–Kier alpha value is -1.95. The third-order valence-electron chi connectivity index (χ3n) is 4.25. The topological polar surface area (TPSA) is 62.7 Å². The first kappa shape index (κ1) is 15.9. The number of hydrogen-bond acceptors (Lipinski definition) is 3. The highest BCUT2D eigenvalue weighted by Crippen LogP contribution is 2.42. The van der Waals surface area contributed by atoms with Crippen LogP contribution in [0.25, 0.3) is 0 Å². The summed E-state index contributed by atoms with van der Waals surface area (Å²) in [6.07, 6.45) is 2.25. The Kier molecular flexibility index (Phi) is 4.61. The fourth-order valence-electron chi connectivity index (χ4n) is 3.00. The van der Waals surface area contributed by atoms with Gasteiger partial charge in [-0.3, -0.25) is 9.89 Å². The Bertz CT molecular complexity index is 731. The molecule has 2 aromatic rings. The first-order chi connectivity index (χ1) is 11.1. The van der Waals surface area contributed by atoms with Crippen LogP contribution >= 0.6 is 12.2 Å². The largest absolute Gasteiger partial charge is 0.348 e. The number of nitrogens with zero attached hydrogens (tertiary/aromatic N) is 2. The molecular formula is C17H22N4OS. The minimum atomic E-state index is -0.0642. The van der Waals surface area contributed by atoms with Crippen molar-refractivity contribution in [3.63, 3.8) is 0 Å². The lowest BCUT2D eigenvalue weighted by Crippen LogP contribution is -2.31. The molecule has 1 aliphatic carbocycles. The summed E-state index contributed by atoms with van der Waals surface area (Å²) >= 11 is 5.24. The molecule has 1 fully saturated rings. The Balaban J connectivity index is 1.72. The molecule has 0 radical (unpaired) electrons. The normalized spacial score (nSPS) is 15.6. The molecule has 0 bridgehead atoms. The predicted molar refractivity (Wildman–Crippen MR) is 91.6 cm³/mol. The SMILES string of the molecule is CC(C)n1c(CNC(=O)[C@@H](c2ccccc2)C2CC2)n[nH]c1=S. The average Bonchev–Trinajstić information content (AvgIpc) is 3.28. The summed E-state index contributed by atoms with van der Waals surface area (Å²) in [4.78, 5) is 12.7. The third kappa shape index (κ3) is 3.52. The van der Waals surface area contributed by atoms with Crippen molar-refractivity contribution in [1.82, 2.24) is 20.1 Å². The second-order valence-electron chi connectivity index (χ2n) is 6.35. The summed E-state index contributed by atoms with van der Waals surface area (Å²) in [5.74, 6) is 1.23. The van der Waals surface area contributed by atoms with Crippen LogP contribution in [-0.2, 0) is 11.3 Å². The van der Waals surface area contributed by atoms with Crippen molar-refractivity contribution < 1.29 is 4.79 Å². The summed E-state index contributed by atoms with van der Waals surface area (Å²) in [6, 6.07) is 10.2. The first-order valence-electron chi connectivity index (χ1n) is 8.06. The van der Waals surface area contributed by atoms with Crippen LogP contribution in [0.4, 0.5) is 0 Å². The fourth-order valence-corrected chi connectivity index (χ4v) is 3.36. The Labute approximate surface area is 141 Å². The molecule has 23 heavy (non-hydrogen) atoms. The molecule has 122 valence electrons. The van der Waals surface area contributed by atoms with Gasteiger partial charge in [0.05, 0.1) is 12.5 Å². The van der Waals surface area contributed by atoms with Gasteiger partial charge in [-0.05, 0) is 50.4 Å². The van der Waals surface area contributed by atoms with Gasteiger partial charge < -0.3 is 9.88 Å². The van der Waals surface area contributed by atoms with Gasteiger partial charge in [-0.15, -0.1) is 0 Å². The van der Waals surface area contributed by atoms with Crippen LogP contribution in [-0.4, -0.2) is 20.7 Å². The van der Waals surface area contributed by atoms with Crippen LogP contribution in [0, 0.1) is 10.7 Å². The number of hydrogen-bond donors (Lipinski definition) is 2. The standard InChI is InChI=1S/C17H22N4OS/c1-11(2)21-14(19-20-17(21)23)10-18-16(22)15(13-8-9-13)12-6-4-3-5-7-12/h3-7,11,13,15H,8-10H2,1-2H3,(H,18,22)(H,20,23)/t15-/m0/s1. The molecule has 6 heteroatoms. The van der Waals surface area contributed by atoms with E-state index in [2.05, 4.69) is 15.5 Å². The lowest BCUT2D eigenvalue weighted by Gasteiger charge is -2.17. The van der Waals surface area contributed by atoms with Crippen molar-refractivity contribution in [1.29, 1.82) is 0 Å². The van der Waals surface area contributed by atoms with E-state index in [0.717, 1.165) is 24.2 Å². The van der Waals surface area contributed by atoms with Crippen LogP contribution in [0.5, 0.6) is 0 Å². The number of benzene rings is 1. The van der Waals surface area contributed by atoms with E-state index < -0.39 is 0 Å². The molecule has 1 atom stereocenters. The van der Waals surface area contributed by atoms with Gasteiger partial charge >= 0.3 is 0 Å². The number of aromatic nitrogens is 3. The summed E-state index contributed by atoms with van der Waals surface area (Å²) in [5.41, 5.74) is 1.09. The van der Waals surface area contributed by atoms with Crippen molar-refractivity contribution in [2.45, 2.75) is 45.2 Å². The van der Waals surface area contributed by atoms with Gasteiger partial charge in [0.2, 0.25) is 5.91 Å². The molecule has 1 aromatic carbocycles.